The lowest BCUT2D eigenvalue weighted by atomic mass is 10.1. The first-order chi connectivity index (χ1) is 5.11. The average molecular weight is 155 g/mol. The molecule has 0 aliphatic carbocycles. The fourth-order valence-electron chi connectivity index (χ4n) is 0.634. The van der Waals surface area contributed by atoms with Crippen molar-refractivity contribution in [2.24, 2.45) is 5.92 Å². The fourth-order valence-corrected chi connectivity index (χ4v) is 0.634. The third-order valence-corrected chi connectivity index (χ3v) is 1.21. The van der Waals surface area contributed by atoms with Gasteiger partial charge in [0.05, 0.1) is 6.07 Å². The molecule has 11 heavy (non-hydrogen) atoms. The molecule has 0 aromatic heterocycles. The molecule has 0 aliphatic rings. The van der Waals surface area contributed by atoms with Crippen molar-refractivity contribution in [2.45, 2.75) is 13.3 Å². The maximum absolute atomic E-state index is 11.0. The van der Waals surface area contributed by atoms with Crippen LogP contribution in [-0.2, 0) is 4.79 Å². The Balaban J connectivity index is 3.92. The molecule has 0 radical (unpaired) electrons. The number of carbonyl (C=O) groups excluding carboxylic acids is 1. The first-order valence-electron chi connectivity index (χ1n) is 3.49. The van der Waals surface area contributed by atoms with Gasteiger partial charge in [0.25, 0.3) is 5.91 Å². The molecular formula is C7H13N3O. The monoisotopic (exact) mass is 155 g/mol. The second kappa shape index (κ2) is 4.69. The smallest absolute Gasteiger partial charge is 0.251 e. The minimum Gasteiger partial charge on any atom is -0.288 e. The Bertz CT molecular complexity index is 171. The molecule has 4 heteroatoms. The van der Waals surface area contributed by atoms with Crippen molar-refractivity contribution < 1.29 is 4.79 Å². The number of hydrogen-bond acceptors (Lipinski definition) is 3. The third-order valence-electron chi connectivity index (χ3n) is 1.21. The molecule has 0 saturated heterocycles. The van der Waals surface area contributed by atoms with Gasteiger partial charge in [-0.25, -0.2) is 5.01 Å². The lowest BCUT2D eigenvalue weighted by Crippen LogP contribution is -2.39. The van der Waals surface area contributed by atoms with Gasteiger partial charge in [0, 0.05) is 14.1 Å². The Morgan fingerprint density at radius 1 is 1.73 bits per heavy atom. The summed E-state index contributed by atoms with van der Waals surface area (Å²) in [6.07, 6.45) is 0.552. The van der Waals surface area contributed by atoms with Crippen LogP contribution in [0.25, 0.3) is 0 Å². The zero-order valence-electron chi connectivity index (χ0n) is 7.09. The van der Waals surface area contributed by atoms with E-state index in [2.05, 4.69) is 5.43 Å². The highest BCUT2D eigenvalue weighted by molar-refractivity contribution is 5.80. The molecule has 62 valence electrons. The zero-order valence-corrected chi connectivity index (χ0v) is 7.09. The molecule has 0 fully saturated rings. The van der Waals surface area contributed by atoms with E-state index in [-0.39, 0.29) is 5.91 Å². The second-order valence-electron chi connectivity index (χ2n) is 2.46. The van der Waals surface area contributed by atoms with E-state index in [1.807, 2.05) is 13.0 Å². The molecule has 1 atom stereocenters. The minimum atomic E-state index is -0.530. The Labute approximate surface area is 66.8 Å². The predicted molar refractivity (Wildman–Crippen MR) is 41.2 cm³/mol. The van der Waals surface area contributed by atoms with Crippen molar-refractivity contribution in [3.63, 3.8) is 0 Å². The zero-order chi connectivity index (χ0) is 8.85. The summed E-state index contributed by atoms with van der Waals surface area (Å²) >= 11 is 0. The van der Waals surface area contributed by atoms with Crippen molar-refractivity contribution >= 4 is 5.91 Å². The Morgan fingerprint density at radius 3 is 2.55 bits per heavy atom. The summed E-state index contributed by atoms with van der Waals surface area (Å²) in [4.78, 5) is 11.0. The van der Waals surface area contributed by atoms with Gasteiger partial charge in [0.1, 0.15) is 5.92 Å². The molecule has 0 rings (SSSR count). The standard InChI is InChI=1S/C7H13N3O/c1-4-6(5-8)7(11)9-10(2)3/h6H,4H2,1-3H3,(H,9,11). The van der Waals surface area contributed by atoms with Crippen molar-refractivity contribution in [3.8, 4) is 6.07 Å². The van der Waals surface area contributed by atoms with Crippen molar-refractivity contribution in [2.75, 3.05) is 14.1 Å². The van der Waals surface area contributed by atoms with Crippen LogP contribution < -0.4 is 5.43 Å². The highest BCUT2D eigenvalue weighted by atomic mass is 16.2. The van der Waals surface area contributed by atoms with Gasteiger partial charge >= 0.3 is 0 Å². The maximum Gasteiger partial charge on any atom is 0.251 e. The quantitative estimate of drug-likeness (QED) is 0.589. The fraction of sp³-hybridized carbons (Fsp3) is 0.714. The van der Waals surface area contributed by atoms with Crippen molar-refractivity contribution in [1.29, 1.82) is 5.26 Å². The van der Waals surface area contributed by atoms with Crippen LogP contribution in [0.2, 0.25) is 0 Å². The lowest BCUT2D eigenvalue weighted by molar-refractivity contribution is -0.127. The number of rotatable bonds is 3. The topological polar surface area (TPSA) is 56.1 Å². The molecule has 0 aromatic rings. The number of hydrogen-bond donors (Lipinski definition) is 1. The van der Waals surface area contributed by atoms with Crippen LogP contribution in [0.15, 0.2) is 0 Å². The van der Waals surface area contributed by atoms with E-state index in [0.717, 1.165) is 0 Å². The van der Waals surface area contributed by atoms with E-state index < -0.39 is 5.92 Å². The van der Waals surface area contributed by atoms with E-state index in [4.69, 9.17) is 5.26 Å². The molecule has 0 saturated carbocycles. The molecule has 4 nitrogen and oxygen atoms in total. The summed E-state index contributed by atoms with van der Waals surface area (Å²) in [6.45, 7) is 1.81. The number of hydrazine groups is 1. The highest BCUT2D eigenvalue weighted by Gasteiger charge is 2.14. The minimum absolute atomic E-state index is 0.236. The molecule has 1 unspecified atom stereocenters. The van der Waals surface area contributed by atoms with Gasteiger partial charge in [0.15, 0.2) is 0 Å². The number of nitriles is 1. The van der Waals surface area contributed by atoms with E-state index >= 15 is 0 Å². The summed E-state index contributed by atoms with van der Waals surface area (Å²) in [5.41, 5.74) is 2.52. The molecule has 0 heterocycles. The summed E-state index contributed by atoms with van der Waals surface area (Å²) in [6, 6.07) is 1.92. The van der Waals surface area contributed by atoms with E-state index in [1.165, 1.54) is 5.01 Å². The second-order valence-corrected chi connectivity index (χ2v) is 2.46. The summed E-state index contributed by atoms with van der Waals surface area (Å²) in [5.74, 6) is -0.766. The van der Waals surface area contributed by atoms with E-state index in [0.29, 0.717) is 6.42 Å². The molecule has 0 aromatic carbocycles. The summed E-state index contributed by atoms with van der Waals surface area (Å²) in [5, 5.41) is 10.0. The van der Waals surface area contributed by atoms with Gasteiger partial charge in [-0.1, -0.05) is 6.92 Å². The van der Waals surface area contributed by atoms with Gasteiger partial charge in [-0.3, -0.25) is 10.2 Å². The van der Waals surface area contributed by atoms with Crippen LogP contribution in [0.3, 0.4) is 0 Å². The molecule has 0 aliphatic heterocycles. The van der Waals surface area contributed by atoms with Gasteiger partial charge in [-0.2, -0.15) is 5.26 Å². The van der Waals surface area contributed by atoms with Crippen LogP contribution in [0.4, 0.5) is 0 Å². The summed E-state index contributed by atoms with van der Waals surface area (Å²) < 4.78 is 0. The number of amides is 1. The van der Waals surface area contributed by atoms with Crippen LogP contribution in [-0.4, -0.2) is 25.0 Å². The van der Waals surface area contributed by atoms with Crippen LogP contribution in [0.5, 0.6) is 0 Å². The number of nitrogens with zero attached hydrogens (tertiary/aromatic N) is 2. The lowest BCUT2D eigenvalue weighted by Gasteiger charge is -2.13. The Morgan fingerprint density at radius 2 is 2.27 bits per heavy atom. The molecule has 1 amide bonds. The third kappa shape index (κ3) is 3.58. The molecular weight excluding hydrogens is 142 g/mol. The number of carbonyl (C=O) groups is 1. The van der Waals surface area contributed by atoms with Crippen LogP contribution >= 0.6 is 0 Å². The van der Waals surface area contributed by atoms with Crippen LogP contribution in [0.1, 0.15) is 13.3 Å². The largest absolute Gasteiger partial charge is 0.288 e. The number of nitrogens with one attached hydrogen (secondary N) is 1. The normalized spacial score (nSPS) is 12.3. The van der Waals surface area contributed by atoms with Gasteiger partial charge in [-0.15, -0.1) is 0 Å². The van der Waals surface area contributed by atoms with Gasteiger partial charge in [0.2, 0.25) is 0 Å². The molecule has 0 spiro atoms. The van der Waals surface area contributed by atoms with Gasteiger partial charge < -0.3 is 0 Å². The Kier molecular flexibility index (Phi) is 4.23. The predicted octanol–water partition coefficient (Wildman–Crippen LogP) is 0.129. The maximum atomic E-state index is 11.0. The SMILES string of the molecule is CCC(C#N)C(=O)NN(C)C. The highest BCUT2D eigenvalue weighted by Crippen LogP contribution is 1.99. The van der Waals surface area contributed by atoms with E-state index in [9.17, 15) is 4.79 Å². The molecule has 1 N–H and O–H groups in total. The summed E-state index contributed by atoms with van der Waals surface area (Å²) in [7, 11) is 3.42. The average Bonchev–Trinajstić information content (AvgIpc) is 1.88. The van der Waals surface area contributed by atoms with Crippen molar-refractivity contribution in [3.05, 3.63) is 0 Å². The first-order valence-corrected chi connectivity index (χ1v) is 3.49. The van der Waals surface area contributed by atoms with Gasteiger partial charge in [-0.05, 0) is 6.42 Å². The van der Waals surface area contributed by atoms with Crippen molar-refractivity contribution in [1.82, 2.24) is 10.4 Å². The molecule has 0 bridgehead atoms. The van der Waals surface area contributed by atoms with E-state index in [1.54, 1.807) is 14.1 Å². The Hall–Kier alpha value is -1.08. The van der Waals surface area contributed by atoms with Crippen LogP contribution in [0, 0.1) is 17.2 Å². The first kappa shape index (κ1) is 9.92.